The Bertz CT molecular complexity index is 1390. The monoisotopic (exact) mass is 613 g/mol. The lowest BCUT2D eigenvalue weighted by atomic mass is 9.83. The number of benzene rings is 1. The molecule has 0 bridgehead atoms. The number of piperazine rings is 1. The maximum atomic E-state index is 14.0. The number of ether oxygens (including phenoxy) is 2. The van der Waals surface area contributed by atoms with Gasteiger partial charge >= 0.3 is 23.7 Å². The van der Waals surface area contributed by atoms with Crippen LogP contribution >= 0.6 is 0 Å². The van der Waals surface area contributed by atoms with E-state index in [9.17, 15) is 24.0 Å². The van der Waals surface area contributed by atoms with Crippen molar-refractivity contribution in [3.05, 3.63) is 24.0 Å². The molecule has 13 heteroatoms. The minimum absolute atomic E-state index is 0.0938. The van der Waals surface area contributed by atoms with Crippen molar-refractivity contribution >= 4 is 40.8 Å². The van der Waals surface area contributed by atoms with Gasteiger partial charge in [-0.2, -0.15) is 0 Å². The molecule has 44 heavy (non-hydrogen) atoms. The summed E-state index contributed by atoms with van der Waals surface area (Å²) >= 11 is 0. The summed E-state index contributed by atoms with van der Waals surface area (Å²) < 4.78 is 12.9. The third-order valence-electron chi connectivity index (χ3n) is 8.94. The molecule has 1 saturated heterocycles. The zero-order valence-electron chi connectivity index (χ0n) is 26.4. The Morgan fingerprint density at radius 3 is 2.27 bits per heavy atom. The van der Waals surface area contributed by atoms with Crippen LogP contribution in [0, 0.1) is 11.8 Å². The van der Waals surface area contributed by atoms with Crippen molar-refractivity contribution in [1.29, 1.82) is 0 Å². The topological polar surface area (TPSA) is 143 Å². The van der Waals surface area contributed by atoms with Crippen molar-refractivity contribution in [1.82, 2.24) is 25.0 Å². The van der Waals surface area contributed by atoms with E-state index in [-0.39, 0.29) is 49.1 Å². The maximum absolute atomic E-state index is 14.0. The van der Waals surface area contributed by atoms with Crippen LogP contribution in [0.3, 0.4) is 0 Å². The summed E-state index contributed by atoms with van der Waals surface area (Å²) in [5.74, 6) is -0.657. The Morgan fingerprint density at radius 2 is 1.66 bits per heavy atom. The summed E-state index contributed by atoms with van der Waals surface area (Å²) in [6.45, 7) is 4.59. The number of nitrogens with zero attached hydrogens (tertiary/aromatic N) is 4. The van der Waals surface area contributed by atoms with Gasteiger partial charge in [-0.3, -0.25) is 19.2 Å². The van der Waals surface area contributed by atoms with E-state index in [2.05, 4.69) is 15.4 Å². The summed E-state index contributed by atoms with van der Waals surface area (Å²) in [6.07, 6.45) is 5.72. The lowest BCUT2D eigenvalue weighted by Gasteiger charge is -2.38. The van der Waals surface area contributed by atoms with Gasteiger partial charge in [-0.15, -0.1) is 4.57 Å². The van der Waals surface area contributed by atoms with Crippen molar-refractivity contribution in [3.63, 3.8) is 0 Å². The number of fused-ring (bicyclic) bond motifs is 1. The predicted molar refractivity (Wildman–Crippen MR) is 161 cm³/mol. The Morgan fingerprint density at radius 1 is 1.00 bits per heavy atom. The second-order valence-corrected chi connectivity index (χ2v) is 11.6. The Hall–Kier alpha value is -4.16. The predicted octanol–water partition coefficient (Wildman–Crippen LogP) is 1.60. The second-order valence-electron chi connectivity index (χ2n) is 11.6. The zero-order valence-corrected chi connectivity index (χ0v) is 26.4. The van der Waals surface area contributed by atoms with Crippen LogP contribution in [0.1, 0.15) is 63.0 Å². The number of aryl methyl sites for hydroxylation is 1. The quantitative estimate of drug-likeness (QED) is 0.323. The molecule has 13 nitrogen and oxygen atoms in total. The van der Waals surface area contributed by atoms with Gasteiger partial charge in [0.1, 0.15) is 18.3 Å². The van der Waals surface area contributed by atoms with Crippen LogP contribution in [0.2, 0.25) is 0 Å². The first-order valence-corrected chi connectivity index (χ1v) is 15.4. The number of hydrogen-bond donors (Lipinski definition) is 2. The molecule has 1 aliphatic carbocycles. The number of carbonyl (C=O) groups excluding carboxylic acids is 5. The van der Waals surface area contributed by atoms with Crippen molar-refractivity contribution in [2.24, 2.45) is 18.9 Å². The summed E-state index contributed by atoms with van der Waals surface area (Å²) in [5, 5.41) is 5.59. The number of esters is 1. The third-order valence-corrected chi connectivity index (χ3v) is 8.94. The number of nitrogens with one attached hydrogen (secondary N) is 2. The first kappa shape index (κ1) is 32.7. The fraction of sp³-hybridized carbons (Fsp3) is 0.613. The van der Waals surface area contributed by atoms with Crippen LogP contribution in [0.5, 0.6) is 5.75 Å². The van der Waals surface area contributed by atoms with Crippen LogP contribution in [-0.4, -0.2) is 97.1 Å². The van der Waals surface area contributed by atoms with E-state index in [1.165, 1.54) is 18.8 Å². The molecule has 4 rings (SSSR count). The molecule has 0 radical (unpaired) electrons. The highest BCUT2D eigenvalue weighted by Gasteiger charge is 2.40. The molecule has 1 aromatic carbocycles. The van der Waals surface area contributed by atoms with Gasteiger partial charge in [0.25, 0.3) is 0 Å². The normalized spacial score (nSPS) is 17.1. The van der Waals surface area contributed by atoms with E-state index in [4.69, 9.17) is 4.74 Å². The molecule has 2 atom stereocenters. The number of carbonyl (C=O) groups is 5. The van der Waals surface area contributed by atoms with Gasteiger partial charge in [0.2, 0.25) is 11.8 Å². The first-order valence-electron chi connectivity index (χ1n) is 15.4. The molecular formula is C31H45N6O7+. The molecule has 2 fully saturated rings. The fourth-order valence-corrected chi connectivity index (χ4v) is 6.01. The molecule has 240 valence electrons. The van der Waals surface area contributed by atoms with Crippen LogP contribution in [-0.2, 0) is 26.2 Å². The number of hydrogen-bond acceptors (Lipinski definition) is 7. The van der Waals surface area contributed by atoms with E-state index in [0.717, 1.165) is 32.1 Å². The lowest BCUT2D eigenvalue weighted by Crippen LogP contribution is -2.59. The average Bonchev–Trinajstić information content (AvgIpc) is 3.36. The van der Waals surface area contributed by atoms with E-state index < -0.39 is 23.9 Å². The summed E-state index contributed by atoms with van der Waals surface area (Å²) in [4.78, 5) is 69.0. The number of rotatable bonds is 9. The maximum Gasteiger partial charge on any atom is 0.414 e. The van der Waals surface area contributed by atoms with E-state index in [0.29, 0.717) is 36.3 Å². The van der Waals surface area contributed by atoms with Gasteiger partial charge in [-0.25, -0.2) is 9.36 Å². The average molecular weight is 614 g/mol. The summed E-state index contributed by atoms with van der Waals surface area (Å²) in [5.41, 5.74) is 1.04. The van der Waals surface area contributed by atoms with Gasteiger partial charge in [-0.1, -0.05) is 33.1 Å². The molecule has 2 aromatic rings. The highest BCUT2D eigenvalue weighted by atomic mass is 16.5. The van der Waals surface area contributed by atoms with E-state index in [1.54, 1.807) is 39.6 Å². The van der Waals surface area contributed by atoms with Crippen molar-refractivity contribution < 1.29 is 38.0 Å². The molecule has 1 aliphatic heterocycles. The lowest BCUT2D eigenvalue weighted by molar-refractivity contribution is -0.647. The minimum atomic E-state index is -0.657. The van der Waals surface area contributed by atoms with Gasteiger partial charge in [-0.05, 0) is 37.3 Å². The number of methoxy groups -OCH3 is 2. The molecular weight excluding hydrogens is 568 g/mol. The highest BCUT2D eigenvalue weighted by molar-refractivity contribution is 6.00. The second kappa shape index (κ2) is 14.5. The number of imidazole rings is 1. The molecule has 4 amide bonds. The van der Waals surface area contributed by atoms with Crippen LogP contribution < -0.4 is 19.9 Å². The van der Waals surface area contributed by atoms with Crippen LogP contribution in [0.25, 0.3) is 11.0 Å². The molecule has 2 heterocycles. The molecule has 1 aromatic heterocycles. The largest absolute Gasteiger partial charge is 0.497 e. The Balaban J connectivity index is 1.55. The van der Waals surface area contributed by atoms with Crippen molar-refractivity contribution in [2.75, 3.05) is 46.9 Å². The fourth-order valence-electron chi connectivity index (χ4n) is 6.01. The SMILES string of the molecule is CC[C@@H](C)C(=O)N[C@H](C(=O)N1CCN(C(=O)c2n(C(=O)NCC(=O)OC)c3ccc(OC)cc3[n+]2C)CC1)C1CCCCC1. The van der Waals surface area contributed by atoms with Gasteiger partial charge in [0, 0.05) is 38.2 Å². The minimum Gasteiger partial charge on any atom is -0.497 e. The number of aromatic nitrogens is 2. The van der Waals surface area contributed by atoms with Crippen LogP contribution in [0.4, 0.5) is 4.79 Å². The first-order chi connectivity index (χ1) is 21.1. The Kier molecular flexibility index (Phi) is 10.8. The van der Waals surface area contributed by atoms with Gasteiger partial charge in [0.15, 0.2) is 11.0 Å². The standard InChI is InChI=1S/C31H44N6O7/c1-6-20(2)27(39)33-26(21-10-8-7-9-11-21)29(40)35-14-16-36(17-15-35)30(41)28-34(3)24-18-22(43-4)12-13-23(24)37(28)31(42)32-19-25(38)44-5/h12-13,18,20-21,26H,6-11,14-17,19H2,1-5H3,(H-,32,33,39,42)/p+1/t20-,26+/m1/s1. The van der Waals surface area contributed by atoms with Crippen molar-refractivity contribution in [2.45, 2.75) is 58.4 Å². The van der Waals surface area contributed by atoms with Crippen molar-refractivity contribution in [3.8, 4) is 5.75 Å². The highest BCUT2D eigenvalue weighted by Crippen LogP contribution is 2.28. The van der Waals surface area contributed by atoms with E-state index in [1.807, 2.05) is 13.8 Å². The third kappa shape index (κ3) is 6.97. The Labute approximate surface area is 257 Å². The molecule has 0 unspecified atom stereocenters. The summed E-state index contributed by atoms with van der Waals surface area (Å²) in [7, 11) is 4.44. The smallest absolute Gasteiger partial charge is 0.414 e. The van der Waals surface area contributed by atoms with E-state index >= 15 is 0 Å². The number of amides is 4. The van der Waals surface area contributed by atoms with Crippen LogP contribution in [0.15, 0.2) is 18.2 Å². The molecule has 2 aliphatic rings. The molecule has 1 saturated carbocycles. The summed E-state index contributed by atoms with van der Waals surface area (Å²) in [6, 6.07) is 3.86. The molecule has 2 N–H and O–H groups in total. The molecule has 0 spiro atoms. The zero-order chi connectivity index (χ0) is 32.0. The van der Waals surface area contributed by atoms with Gasteiger partial charge < -0.3 is 29.9 Å². The van der Waals surface area contributed by atoms with Gasteiger partial charge in [0.05, 0.1) is 21.3 Å².